The standard InChI is InChI=1S/C16H15NO4/c1-10-6-14(8-15(17-10)9-21-11(2)18)12-4-3-5-13(7-12)16(19)20/h3-8H,9H2,1-2H3,(H,19,20). The molecule has 0 aliphatic rings. The van der Waals surface area contributed by atoms with E-state index < -0.39 is 5.97 Å². The Morgan fingerprint density at radius 3 is 2.62 bits per heavy atom. The lowest BCUT2D eigenvalue weighted by Crippen LogP contribution is -2.02. The molecule has 1 N–H and O–H groups in total. The summed E-state index contributed by atoms with van der Waals surface area (Å²) in [5.41, 5.74) is 3.25. The Labute approximate surface area is 122 Å². The largest absolute Gasteiger partial charge is 0.478 e. The molecule has 108 valence electrons. The number of hydrogen-bond donors (Lipinski definition) is 1. The SMILES string of the molecule is CC(=O)OCc1cc(-c2cccc(C(=O)O)c2)cc(C)n1. The topological polar surface area (TPSA) is 76.5 Å². The van der Waals surface area contributed by atoms with Gasteiger partial charge in [-0.1, -0.05) is 12.1 Å². The third kappa shape index (κ3) is 3.89. The van der Waals surface area contributed by atoms with E-state index in [9.17, 15) is 9.59 Å². The summed E-state index contributed by atoms with van der Waals surface area (Å²) in [7, 11) is 0. The van der Waals surface area contributed by atoms with Crippen molar-refractivity contribution in [3.05, 3.63) is 53.3 Å². The van der Waals surface area contributed by atoms with E-state index in [2.05, 4.69) is 4.98 Å². The minimum absolute atomic E-state index is 0.0998. The van der Waals surface area contributed by atoms with Gasteiger partial charge >= 0.3 is 11.9 Å². The van der Waals surface area contributed by atoms with Gasteiger partial charge in [0.2, 0.25) is 0 Å². The van der Waals surface area contributed by atoms with Crippen LogP contribution in [0, 0.1) is 6.92 Å². The number of rotatable bonds is 4. The fourth-order valence-electron chi connectivity index (χ4n) is 1.99. The molecule has 2 aromatic rings. The van der Waals surface area contributed by atoms with Gasteiger partial charge in [-0.3, -0.25) is 9.78 Å². The van der Waals surface area contributed by atoms with Crippen LogP contribution >= 0.6 is 0 Å². The molecule has 0 amide bonds. The van der Waals surface area contributed by atoms with E-state index in [-0.39, 0.29) is 18.1 Å². The third-order valence-electron chi connectivity index (χ3n) is 2.87. The first-order valence-electron chi connectivity index (χ1n) is 6.40. The molecule has 1 aromatic heterocycles. The molecule has 1 aromatic carbocycles. The lowest BCUT2D eigenvalue weighted by molar-refractivity contribution is -0.142. The average molecular weight is 285 g/mol. The van der Waals surface area contributed by atoms with Crippen LogP contribution in [0.4, 0.5) is 0 Å². The molecule has 0 aliphatic carbocycles. The summed E-state index contributed by atoms with van der Waals surface area (Å²) in [6, 6.07) is 10.3. The Morgan fingerprint density at radius 2 is 1.95 bits per heavy atom. The zero-order chi connectivity index (χ0) is 15.4. The van der Waals surface area contributed by atoms with Gasteiger partial charge in [-0.15, -0.1) is 0 Å². The molecule has 0 atom stereocenters. The van der Waals surface area contributed by atoms with Crippen molar-refractivity contribution in [3.8, 4) is 11.1 Å². The zero-order valence-corrected chi connectivity index (χ0v) is 11.8. The summed E-state index contributed by atoms with van der Waals surface area (Å²) in [6.45, 7) is 3.28. The summed E-state index contributed by atoms with van der Waals surface area (Å²) in [4.78, 5) is 26.2. The number of carbonyl (C=O) groups excluding carboxylic acids is 1. The van der Waals surface area contributed by atoms with Gasteiger partial charge < -0.3 is 9.84 Å². The first-order valence-corrected chi connectivity index (χ1v) is 6.40. The Bertz CT molecular complexity index is 694. The van der Waals surface area contributed by atoms with Crippen molar-refractivity contribution >= 4 is 11.9 Å². The summed E-state index contributed by atoms with van der Waals surface area (Å²) in [5.74, 6) is -1.34. The first kappa shape index (κ1) is 14.7. The van der Waals surface area contributed by atoms with Crippen LogP contribution in [0.2, 0.25) is 0 Å². The molecule has 0 bridgehead atoms. The Kier molecular flexibility index (Phi) is 4.33. The molecule has 5 nitrogen and oxygen atoms in total. The number of benzene rings is 1. The maximum atomic E-state index is 11.0. The van der Waals surface area contributed by atoms with Gasteiger partial charge in [0.25, 0.3) is 0 Å². The maximum Gasteiger partial charge on any atom is 0.335 e. The van der Waals surface area contributed by atoms with Crippen molar-refractivity contribution in [2.75, 3.05) is 0 Å². The van der Waals surface area contributed by atoms with E-state index in [0.717, 1.165) is 16.8 Å². The van der Waals surface area contributed by atoms with Crippen LogP contribution in [0.15, 0.2) is 36.4 Å². The molecule has 0 unspecified atom stereocenters. The Balaban J connectivity index is 2.37. The zero-order valence-electron chi connectivity index (χ0n) is 11.8. The van der Waals surface area contributed by atoms with Gasteiger partial charge in [0, 0.05) is 12.6 Å². The molecule has 0 fully saturated rings. The minimum Gasteiger partial charge on any atom is -0.478 e. The molecular formula is C16H15NO4. The van der Waals surface area contributed by atoms with Crippen molar-refractivity contribution < 1.29 is 19.4 Å². The summed E-state index contributed by atoms with van der Waals surface area (Å²) < 4.78 is 4.94. The van der Waals surface area contributed by atoms with E-state index in [1.165, 1.54) is 6.92 Å². The molecule has 2 rings (SSSR count). The predicted octanol–water partition coefficient (Wildman–Crippen LogP) is 2.82. The Hall–Kier alpha value is -2.69. The molecule has 21 heavy (non-hydrogen) atoms. The van der Waals surface area contributed by atoms with Gasteiger partial charge in [-0.05, 0) is 42.3 Å². The summed E-state index contributed by atoms with van der Waals surface area (Å²) >= 11 is 0. The number of esters is 1. The van der Waals surface area contributed by atoms with E-state index in [1.807, 2.05) is 19.1 Å². The van der Waals surface area contributed by atoms with Crippen molar-refractivity contribution in [2.45, 2.75) is 20.5 Å². The fourth-order valence-corrected chi connectivity index (χ4v) is 1.99. The number of hydrogen-bond acceptors (Lipinski definition) is 4. The summed E-state index contributed by atoms with van der Waals surface area (Å²) in [6.07, 6.45) is 0. The lowest BCUT2D eigenvalue weighted by atomic mass is 10.0. The number of aromatic nitrogens is 1. The normalized spacial score (nSPS) is 10.2. The number of aromatic carboxylic acids is 1. The molecular weight excluding hydrogens is 270 g/mol. The van der Waals surface area contributed by atoms with E-state index in [1.54, 1.807) is 24.3 Å². The highest BCUT2D eigenvalue weighted by Gasteiger charge is 2.07. The van der Waals surface area contributed by atoms with Crippen molar-refractivity contribution in [1.82, 2.24) is 4.98 Å². The number of pyridine rings is 1. The Morgan fingerprint density at radius 1 is 1.19 bits per heavy atom. The highest BCUT2D eigenvalue weighted by molar-refractivity contribution is 5.89. The van der Waals surface area contributed by atoms with Crippen molar-refractivity contribution in [3.63, 3.8) is 0 Å². The van der Waals surface area contributed by atoms with Gasteiger partial charge in [0.15, 0.2) is 0 Å². The molecule has 0 spiro atoms. The predicted molar refractivity (Wildman–Crippen MR) is 76.8 cm³/mol. The van der Waals surface area contributed by atoms with Gasteiger partial charge in [-0.25, -0.2) is 4.79 Å². The van der Waals surface area contributed by atoms with E-state index in [0.29, 0.717) is 5.69 Å². The van der Waals surface area contributed by atoms with Crippen LogP contribution in [-0.4, -0.2) is 22.0 Å². The van der Waals surface area contributed by atoms with Crippen LogP contribution in [0.1, 0.15) is 28.7 Å². The van der Waals surface area contributed by atoms with Gasteiger partial charge in [0.1, 0.15) is 6.61 Å². The quantitative estimate of drug-likeness (QED) is 0.874. The van der Waals surface area contributed by atoms with E-state index in [4.69, 9.17) is 9.84 Å². The second kappa shape index (κ2) is 6.17. The number of carboxylic acids is 1. The van der Waals surface area contributed by atoms with Crippen molar-refractivity contribution in [2.24, 2.45) is 0 Å². The number of aryl methyl sites for hydroxylation is 1. The monoisotopic (exact) mass is 285 g/mol. The molecule has 1 heterocycles. The van der Waals surface area contributed by atoms with Crippen LogP contribution in [-0.2, 0) is 16.1 Å². The molecule has 0 saturated heterocycles. The van der Waals surface area contributed by atoms with E-state index >= 15 is 0 Å². The smallest absolute Gasteiger partial charge is 0.335 e. The highest BCUT2D eigenvalue weighted by Crippen LogP contribution is 2.22. The summed E-state index contributed by atoms with van der Waals surface area (Å²) in [5, 5.41) is 9.04. The minimum atomic E-state index is -0.970. The number of carbonyl (C=O) groups is 2. The number of nitrogens with zero attached hydrogens (tertiary/aromatic N) is 1. The lowest BCUT2D eigenvalue weighted by Gasteiger charge is -2.08. The fraction of sp³-hybridized carbons (Fsp3) is 0.188. The van der Waals surface area contributed by atoms with Crippen LogP contribution < -0.4 is 0 Å². The first-order chi connectivity index (χ1) is 9.95. The van der Waals surface area contributed by atoms with Crippen molar-refractivity contribution in [1.29, 1.82) is 0 Å². The van der Waals surface area contributed by atoms with Crippen LogP contribution in [0.3, 0.4) is 0 Å². The number of ether oxygens (including phenoxy) is 1. The molecule has 0 saturated carbocycles. The van der Waals surface area contributed by atoms with Gasteiger partial charge in [-0.2, -0.15) is 0 Å². The second-order valence-corrected chi connectivity index (χ2v) is 4.65. The van der Waals surface area contributed by atoms with Gasteiger partial charge in [0.05, 0.1) is 11.3 Å². The number of carboxylic acid groups (broad SMARTS) is 1. The maximum absolute atomic E-state index is 11.0. The molecule has 0 radical (unpaired) electrons. The van der Waals surface area contributed by atoms with Crippen LogP contribution in [0.5, 0.6) is 0 Å². The molecule has 5 heteroatoms. The average Bonchev–Trinajstić information content (AvgIpc) is 2.44. The van der Waals surface area contributed by atoms with Crippen LogP contribution in [0.25, 0.3) is 11.1 Å². The molecule has 0 aliphatic heterocycles. The highest BCUT2D eigenvalue weighted by atomic mass is 16.5. The second-order valence-electron chi connectivity index (χ2n) is 4.65. The third-order valence-corrected chi connectivity index (χ3v) is 2.87.